The predicted octanol–water partition coefficient (Wildman–Crippen LogP) is 2.02. The van der Waals surface area contributed by atoms with Gasteiger partial charge in [-0.2, -0.15) is 0 Å². The van der Waals surface area contributed by atoms with Crippen LogP contribution in [0.5, 0.6) is 0 Å². The molecule has 10 heteroatoms. The van der Waals surface area contributed by atoms with Gasteiger partial charge in [-0.15, -0.1) is 0 Å². The number of benzene rings is 1. The second-order valence-electron chi connectivity index (χ2n) is 8.24. The van der Waals surface area contributed by atoms with Crippen LogP contribution in [0.2, 0.25) is 0 Å². The Morgan fingerprint density at radius 2 is 1.63 bits per heavy atom. The highest BCUT2D eigenvalue weighted by molar-refractivity contribution is 7.90. The van der Waals surface area contributed by atoms with E-state index in [0.29, 0.717) is 37.2 Å². The molecule has 0 bridgehead atoms. The normalized spacial score (nSPS) is 17.8. The highest BCUT2D eigenvalue weighted by atomic mass is 32.2. The lowest BCUT2D eigenvalue weighted by Crippen LogP contribution is -2.48. The maximum Gasteiger partial charge on any atom is 0.321 e. The summed E-state index contributed by atoms with van der Waals surface area (Å²) in [6.07, 6.45) is 1.06. The van der Waals surface area contributed by atoms with E-state index in [4.69, 9.17) is 0 Å². The number of hydrogen-bond donors (Lipinski definition) is 2. The number of rotatable bonds is 5. The number of carbonyl (C=O) groups is 3. The van der Waals surface area contributed by atoms with Crippen LogP contribution in [0.4, 0.5) is 10.5 Å². The van der Waals surface area contributed by atoms with Gasteiger partial charge in [0.2, 0.25) is 10.0 Å². The number of likely N-dealkylation sites (tertiary alicyclic amines) is 1. The lowest BCUT2D eigenvalue weighted by Gasteiger charge is -2.32. The molecule has 1 saturated heterocycles. The molecule has 164 valence electrons. The molecule has 2 aliphatic rings. The predicted molar refractivity (Wildman–Crippen MR) is 113 cm³/mol. The summed E-state index contributed by atoms with van der Waals surface area (Å²) in [5, 5.41) is 2.27. The molecule has 1 aromatic rings. The number of imide groups is 1. The lowest BCUT2D eigenvalue weighted by molar-refractivity contribution is 0.0609. The molecule has 0 unspecified atom stereocenters. The van der Waals surface area contributed by atoms with E-state index in [2.05, 4.69) is 10.0 Å². The summed E-state index contributed by atoms with van der Waals surface area (Å²) >= 11 is 0. The summed E-state index contributed by atoms with van der Waals surface area (Å²) < 4.78 is 26.7. The Hall–Kier alpha value is -2.46. The van der Waals surface area contributed by atoms with Crippen molar-refractivity contribution in [1.82, 2.24) is 14.5 Å². The molecule has 0 atom stereocenters. The van der Waals surface area contributed by atoms with Crippen LogP contribution in [0.25, 0.3) is 0 Å². The number of urea groups is 1. The number of nitrogens with one attached hydrogen (secondary N) is 2. The molecule has 1 aromatic carbocycles. The molecule has 0 aliphatic carbocycles. The van der Waals surface area contributed by atoms with E-state index < -0.39 is 15.3 Å². The molecule has 9 nitrogen and oxygen atoms in total. The Labute approximate surface area is 176 Å². The van der Waals surface area contributed by atoms with Crippen LogP contribution < -0.4 is 10.0 Å². The minimum absolute atomic E-state index is 0.188. The first kappa shape index (κ1) is 22.2. The second kappa shape index (κ2) is 8.35. The summed E-state index contributed by atoms with van der Waals surface area (Å²) in [5.41, 5.74) is 1.06. The van der Waals surface area contributed by atoms with Gasteiger partial charge in [-0.3, -0.25) is 14.5 Å². The average molecular weight is 437 g/mol. The van der Waals surface area contributed by atoms with Gasteiger partial charge in [-0.1, -0.05) is 0 Å². The summed E-state index contributed by atoms with van der Waals surface area (Å²) in [6.45, 7) is 7.63. The summed E-state index contributed by atoms with van der Waals surface area (Å²) in [7, 11) is -3.34. The molecule has 0 radical (unpaired) electrons. The largest absolute Gasteiger partial charge is 0.324 e. The SMILES string of the molecule is CC(C)N1C(=O)c2ccc(NC(=O)N3CCC(NS(=O)(=O)C(C)C)CC3)cc2C1=O. The van der Waals surface area contributed by atoms with Crippen molar-refractivity contribution in [1.29, 1.82) is 0 Å². The highest BCUT2D eigenvalue weighted by Gasteiger charge is 2.37. The second-order valence-corrected chi connectivity index (χ2v) is 10.5. The Morgan fingerprint density at radius 3 is 2.20 bits per heavy atom. The maximum absolute atomic E-state index is 12.6. The lowest BCUT2D eigenvalue weighted by atomic mass is 10.1. The van der Waals surface area contributed by atoms with Crippen LogP contribution in [-0.2, 0) is 10.0 Å². The molecule has 0 saturated carbocycles. The van der Waals surface area contributed by atoms with E-state index in [1.165, 1.54) is 11.0 Å². The van der Waals surface area contributed by atoms with E-state index in [-0.39, 0.29) is 35.5 Å². The van der Waals surface area contributed by atoms with Crippen molar-refractivity contribution >= 4 is 33.6 Å². The van der Waals surface area contributed by atoms with Gasteiger partial charge in [-0.05, 0) is 58.7 Å². The van der Waals surface area contributed by atoms with Gasteiger partial charge in [0, 0.05) is 30.9 Å². The van der Waals surface area contributed by atoms with Crippen LogP contribution in [0, 0.1) is 0 Å². The number of carbonyl (C=O) groups excluding carboxylic acids is 3. The first-order valence-electron chi connectivity index (χ1n) is 10.1. The fourth-order valence-electron chi connectivity index (χ4n) is 3.58. The van der Waals surface area contributed by atoms with Crippen molar-refractivity contribution in [3.8, 4) is 0 Å². The van der Waals surface area contributed by atoms with Crippen LogP contribution >= 0.6 is 0 Å². The fraction of sp³-hybridized carbons (Fsp3) is 0.550. The van der Waals surface area contributed by atoms with Gasteiger partial charge in [0.25, 0.3) is 11.8 Å². The minimum Gasteiger partial charge on any atom is -0.324 e. The zero-order valence-corrected chi connectivity index (χ0v) is 18.5. The third kappa shape index (κ3) is 4.34. The zero-order valence-electron chi connectivity index (χ0n) is 17.6. The van der Waals surface area contributed by atoms with Crippen LogP contribution in [0.1, 0.15) is 61.3 Å². The molecule has 30 heavy (non-hydrogen) atoms. The number of fused-ring (bicyclic) bond motifs is 1. The van der Waals surface area contributed by atoms with E-state index in [0.717, 1.165) is 0 Å². The van der Waals surface area contributed by atoms with Gasteiger partial charge in [0.1, 0.15) is 0 Å². The molecule has 2 aliphatic heterocycles. The zero-order chi connectivity index (χ0) is 22.2. The summed E-state index contributed by atoms with van der Waals surface area (Å²) in [4.78, 5) is 40.3. The summed E-state index contributed by atoms with van der Waals surface area (Å²) in [6, 6.07) is 3.93. The van der Waals surface area contributed by atoms with Crippen molar-refractivity contribution in [2.24, 2.45) is 0 Å². The third-order valence-corrected chi connectivity index (χ3v) is 7.32. The highest BCUT2D eigenvalue weighted by Crippen LogP contribution is 2.27. The molecule has 3 rings (SSSR count). The third-order valence-electron chi connectivity index (χ3n) is 5.42. The van der Waals surface area contributed by atoms with Gasteiger partial charge >= 0.3 is 6.03 Å². The molecule has 2 heterocycles. The fourth-order valence-corrected chi connectivity index (χ4v) is 4.55. The molecule has 0 spiro atoms. The van der Waals surface area contributed by atoms with Crippen LogP contribution in [-0.4, -0.2) is 66.5 Å². The quantitative estimate of drug-likeness (QED) is 0.685. The number of nitrogens with zero attached hydrogens (tertiary/aromatic N) is 2. The van der Waals surface area contributed by atoms with Crippen molar-refractivity contribution < 1.29 is 22.8 Å². The number of amides is 4. The summed E-state index contributed by atoms with van der Waals surface area (Å²) in [5.74, 6) is -0.687. The smallest absolute Gasteiger partial charge is 0.321 e. The van der Waals surface area contributed by atoms with E-state index in [9.17, 15) is 22.8 Å². The Morgan fingerprint density at radius 1 is 1.03 bits per heavy atom. The van der Waals surface area contributed by atoms with Gasteiger partial charge in [0.15, 0.2) is 0 Å². The van der Waals surface area contributed by atoms with E-state index in [1.54, 1.807) is 44.7 Å². The minimum atomic E-state index is -3.34. The molecule has 4 amide bonds. The standard InChI is InChI=1S/C20H28N4O5S/c1-12(2)24-18(25)16-6-5-15(11-17(16)19(24)26)21-20(27)23-9-7-14(8-10-23)22-30(28,29)13(3)4/h5-6,11-14,22H,7-10H2,1-4H3,(H,21,27). The Balaban J connectivity index is 1.61. The number of anilines is 1. The molecule has 0 aromatic heterocycles. The van der Waals surface area contributed by atoms with E-state index >= 15 is 0 Å². The first-order chi connectivity index (χ1) is 14.0. The van der Waals surface area contributed by atoms with Gasteiger partial charge in [-0.25, -0.2) is 17.9 Å². The van der Waals surface area contributed by atoms with Crippen molar-refractivity contribution in [2.75, 3.05) is 18.4 Å². The number of piperidine rings is 1. The van der Waals surface area contributed by atoms with Gasteiger partial charge in [0.05, 0.1) is 16.4 Å². The monoisotopic (exact) mass is 436 g/mol. The van der Waals surface area contributed by atoms with Crippen LogP contribution in [0.3, 0.4) is 0 Å². The number of hydrogen-bond acceptors (Lipinski definition) is 5. The van der Waals surface area contributed by atoms with Crippen LogP contribution in [0.15, 0.2) is 18.2 Å². The van der Waals surface area contributed by atoms with E-state index in [1.807, 2.05) is 0 Å². The topological polar surface area (TPSA) is 116 Å². The van der Waals surface area contributed by atoms with Gasteiger partial charge < -0.3 is 10.2 Å². The first-order valence-corrected chi connectivity index (χ1v) is 11.6. The van der Waals surface area contributed by atoms with Crippen molar-refractivity contribution in [3.05, 3.63) is 29.3 Å². The Kier molecular flexibility index (Phi) is 6.19. The van der Waals surface area contributed by atoms with Crippen molar-refractivity contribution in [2.45, 2.75) is 57.9 Å². The van der Waals surface area contributed by atoms with Crippen molar-refractivity contribution in [3.63, 3.8) is 0 Å². The molecule has 2 N–H and O–H groups in total. The molecular weight excluding hydrogens is 408 g/mol. The Bertz CT molecular complexity index is 965. The average Bonchev–Trinajstić information content (AvgIpc) is 2.92. The molecule has 1 fully saturated rings. The maximum atomic E-state index is 12.6. The number of sulfonamides is 1. The molecular formula is C20H28N4O5S.